The summed E-state index contributed by atoms with van der Waals surface area (Å²) in [6.07, 6.45) is 4.92. The predicted octanol–water partition coefficient (Wildman–Crippen LogP) is 2.56. The number of aromatic hydroxyl groups is 1. The molecule has 1 unspecified atom stereocenters. The van der Waals surface area contributed by atoms with E-state index in [9.17, 15) is 23.3 Å². The van der Waals surface area contributed by atoms with Crippen LogP contribution in [0.1, 0.15) is 52.1 Å². The van der Waals surface area contributed by atoms with Crippen LogP contribution < -0.4 is 14.9 Å². The van der Waals surface area contributed by atoms with Crippen LogP contribution in [0.3, 0.4) is 0 Å². The Labute approximate surface area is 203 Å². The highest BCUT2D eigenvalue weighted by molar-refractivity contribution is 7.86. The summed E-state index contributed by atoms with van der Waals surface area (Å²) in [6, 6.07) is 7.28. The van der Waals surface area contributed by atoms with Crippen LogP contribution in [0.5, 0.6) is 5.75 Å². The number of aromatic nitrogens is 2. The topological polar surface area (TPSA) is 125 Å². The van der Waals surface area contributed by atoms with Crippen molar-refractivity contribution >= 4 is 39.5 Å². The minimum Gasteiger partial charge on any atom is -0.504 e. The Kier molecular flexibility index (Phi) is 6.33. The molecule has 11 heteroatoms. The van der Waals surface area contributed by atoms with Gasteiger partial charge in [0.1, 0.15) is 22.3 Å². The molecule has 1 aromatic carbocycles. The number of nitrogens with zero attached hydrogens (tertiary/aromatic N) is 3. The Morgan fingerprint density at radius 2 is 2.03 bits per heavy atom. The van der Waals surface area contributed by atoms with E-state index in [1.165, 1.54) is 18.3 Å². The lowest BCUT2D eigenvalue weighted by Gasteiger charge is -2.27. The zero-order valence-electron chi connectivity index (χ0n) is 18.8. The van der Waals surface area contributed by atoms with E-state index in [1.54, 1.807) is 16.4 Å². The van der Waals surface area contributed by atoms with Gasteiger partial charge in [-0.2, -0.15) is 0 Å². The third-order valence-electron chi connectivity index (χ3n) is 6.01. The number of anilines is 1. The van der Waals surface area contributed by atoms with Gasteiger partial charge in [-0.15, -0.1) is 0 Å². The molecule has 0 radical (unpaired) electrons. The third kappa shape index (κ3) is 4.81. The van der Waals surface area contributed by atoms with Crippen molar-refractivity contribution < 1.29 is 23.3 Å². The van der Waals surface area contributed by atoms with Crippen molar-refractivity contribution in [1.29, 1.82) is 0 Å². The van der Waals surface area contributed by atoms with Crippen LogP contribution in [-0.4, -0.2) is 49.4 Å². The van der Waals surface area contributed by atoms with Crippen LogP contribution in [0.2, 0.25) is 0 Å². The van der Waals surface area contributed by atoms with Crippen LogP contribution in [-0.2, 0) is 17.5 Å². The third-order valence-corrected chi connectivity index (χ3v) is 7.50. The normalized spacial score (nSPS) is 17.9. The maximum Gasteiger partial charge on any atom is 0.274 e. The predicted molar refractivity (Wildman–Crippen MR) is 129 cm³/mol. The van der Waals surface area contributed by atoms with Gasteiger partial charge in [-0.05, 0) is 55.5 Å². The Balaban J connectivity index is 1.44. The first-order valence-electron chi connectivity index (χ1n) is 11.4. The molecule has 3 N–H and O–H groups in total. The summed E-state index contributed by atoms with van der Waals surface area (Å²) in [5.41, 5.74) is 0.476. The number of nitrogens with one attached hydrogen (secondary N) is 2. The van der Waals surface area contributed by atoms with Gasteiger partial charge < -0.3 is 15.7 Å². The maximum atomic E-state index is 13.8. The monoisotopic (exact) mass is 497 g/mol. The Bertz CT molecular complexity index is 1350. The zero-order chi connectivity index (χ0) is 24.5. The first kappa shape index (κ1) is 23.2. The maximum absolute atomic E-state index is 13.8. The molecule has 2 aromatic heterocycles. The second-order valence-electron chi connectivity index (χ2n) is 8.60. The van der Waals surface area contributed by atoms with Gasteiger partial charge in [0, 0.05) is 42.0 Å². The highest BCUT2D eigenvalue weighted by Gasteiger charge is 2.28. The van der Waals surface area contributed by atoms with Gasteiger partial charge in [0.05, 0.1) is 0 Å². The van der Waals surface area contributed by atoms with E-state index in [-0.39, 0.29) is 29.4 Å². The molecule has 1 saturated heterocycles. The molecule has 3 aromatic rings. The molecule has 2 fully saturated rings. The molecule has 1 atom stereocenters. The molecular formula is C24H24FN5O4S. The van der Waals surface area contributed by atoms with Crippen molar-refractivity contribution in [3.8, 4) is 5.75 Å². The summed E-state index contributed by atoms with van der Waals surface area (Å²) in [5, 5.41) is 16.8. The number of carbonyl (C=O) groups is 2. The lowest BCUT2D eigenvalue weighted by atomic mass is 10.1. The standard InChI is InChI=1S/C24H24FN5O4S/c25-15-6-5-14(18(12-15)23(32)28-16-7-8-16)13-27-24(33)20-21(31)19-17(4-3-9-26-19)22(29-20)30-10-1-2-11-35(30)34/h3-6,9,12,16,31H,1-2,7-8,10-11,13H2,(H,27,33)(H,28,32). The molecule has 35 heavy (non-hydrogen) atoms. The molecule has 3 heterocycles. The smallest absolute Gasteiger partial charge is 0.274 e. The molecular weight excluding hydrogens is 473 g/mol. The van der Waals surface area contributed by atoms with Crippen molar-refractivity contribution in [2.75, 3.05) is 16.6 Å². The molecule has 1 saturated carbocycles. The van der Waals surface area contributed by atoms with E-state index < -0.39 is 34.4 Å². The van der Waals surface area contributed by atoms with Crippen molar-refractivity contribution in [2.45, 2.75) is 38.3 Å². The van der Waals surface area contributed by atoms with Gasteiger partial charge in [-0.25, -0.2) is 13.6 Å². The fourth-order valence-electron chi connectivity index (χ4n) is 4.01. The summed E-state index contributed by atoms with van der Waals surface area (Å²) >= 11 is 0. The van der Waals surface area contributed by atoms with Crippen LogP contribution in [0.15, 0.2) is 36.5 Å². The Morgan fingerprint density at radius 3 is 2.80 bits per heavy atom. The number of halogens is 1. The van der Waals surface area contributed by atoms with Crippen molar-refractivity contribution in [3.63, 3.8) is 0 Å². The van der Waals surface area contributed by atoms with Crippen LogP contribution in [0.25, 0.3) is 10.9 Å². The van der Waals surface area contributed by atoms with Gasteiger partial charge >= 0.3 is 0 Å². The molecule has 2 aliphatic rings. The first-order valence-corrected chi connectivity index (χ1v) is 12.7. The number of hydrogen-bond acceptors (Lipinski definition) is 6. The Hall–Kier alpha value is -3.60. The van der Waals surface area contributed by atoms with E-state index in [0.717, 1.165) is 31.7 Å². The van der Waals surface area contributed by atoms with E-state index in [0.29, 0.717) is 29.1 Å². The average molecular weight is 498 g/mol. The molecule has 0 spiro atoms. The highest BCUT2D eigenvalue weighted by atomic mass is 32.2. The number of fused-ring (bicyclic) bond motifs is 1. The minimum atomic E-state index is -1.31. The lowest BCUT2D eigenvalue weighted by Crippen LogP contribution is -2.34. The van der Waals surface area contributed by atoms with E-state index in [1.807, 2.05) is 0 Å². The lowest BCUT2D eigenvalue weighted by molar-refractivity contribution is 0.0929. The van der Waals surface area contributed by atoms with E-state index in [2.05, 4.69) is 20.6 Å². The summed E-state index contributed by atoms with van der Waals surface area (Å²) in [6.45, 7) is 0.420. The molecule has 9 nitrogen and oxygen atoms in total. The summed E-state index contributed by atoms with van der Waals surface area (Å²) in [7, 11) is -1.31. The number of benzene rings is 1. The van der Waals surface area contributed by atoms with Gasteiger partial charge in [-0.3, -0.25) is 18.9 Å². The summed E-state index contributed by atoms with van der Waals surface area (Å²) in [4.78, 5) is 34.3. The fraction of sp³-hybridized carbons (Fsp3) is 0.333. The van der Waals surface area contributed by atoms with Crippen LogP contribution in [0, 0.1) is 5.82 Å². The molecule has 1 aliphatic carbocycles. The molecule has 0 bridgehead atoms. The van der Waals surface area contributed by atoms with Crippen molar-refractivity contribution in [3.05, 3.63) is 59.2 Å². The number of carbonyl (C=O) groups excluding carboxylic acids is 2. The van der Waals surface area contributed by atoms with Gasteiger partial charge in [0.15, 0.2) is 17.3 Å². The number of rotatable bonds is 6. The average Bonchev–Trinajstić information content (AvgIpc) is 3.68. The van der Waals surface area contributed by atoms with Gasteiger partial charge in [-0.1, -0.05) is 6.07 Å². The first-order chi connectivity index (χ1) is 16.9. The molecule has 182 valence electrons. The van der Waals surface area contributed by atoms with Crippen LogP contribution in [0.4, 0.5) is 10.2 Å². The second-order valence-corrected chi connectivity index (χ2v) is 10.1. The second kappa shape index (κ2) is 9.57. The zero-order valence-corrected chi connectivity index (χ0v) is 19.6. The highest BCUT2D eigenvalue weighted by Crippen LogP contribution is 2.34. The minimum absolute atomic E-state index is 0.0844. The SMILES string of the molecule is O=C(NC1CC1)c1cc(F)ccc1CNC(=O)c1nc(N2CCCCS2=O)c2cccnc2c1O. The van der Waals surface area contributed by atoms with Gasteiger partial charge in [0.25, 0.3) is 11.8 Å². The molecule has 5 rings (SSSR count). The number of hydrogen-bond donors (Lipinski definition) is 3. The van der Waals surface area contributed by atoms with E-state index in [4.69, 9.17) is 0 Å². The van der Waals surface area contributed by atoms with Crippen LogP contribution >= 0.6 is 0 Å². The number of amides is 2. The molecule has 1 aliphatic heterocycles. The summed E-state index contributed by atoms with van der Waals surface area (Å²) in [5.74, 6) is -1.24. The summed E-state index contributed by atoms with van der Waals surface area (Å²) < 4.78 is 28.1. The number of pyridine rings is 2. The van der Waals surface area contributed by atoms with Gasteiger partial charge in [0.2, 0.25) is 0 Å². The fourth-order valence-corrected chi connectivity index (χ4v) is 5.35. The Morgan fingerprint density at radius 1 is 1.20 bits per heavy atom. The quantitative estimate of drug-likeness (QED) is 0.481. The van der Waals surface area contributed by atoms with Crippen molar-refractivity contribution in [2.24, 2.45) is 0 Å². The molecule has 2 amide bonds. The largest absolute Gasteiger partial charge is 0.504 e. The van der Waals surface area contributed by atoms with E-state index >= 15 is 0 Å². The van der Waals surface area contributed by atoms with Crippen molar-refractivity contribution in [1.82, 2.24) is 20.6 Å².